The third-order valence-corrected chi connectivity index (χ3v) is 6.32. The van der Waals surface area contributed by atoms with Crippen LogP contribution in [0.15, 0.2) is 23.7 Å². The topological polar surface area (TPSA) is 22.1 Å². The van der Waals surface area contributed by atoms with Gasteiger partial charge in [-0.3, -0.25) is 0 Å². The zero-order chi connectivity index (χ0) is 18.8. The fourth-order valence-corrected chi connectivity index (χ4v) is 4.95. The van der Waals surface area contributed by atoms with Crippen LogP contribution in [0.3, 0.4) is 0 Å². The van der Waals surface area contributed by atoms with Crippen molar-refractivity contribution >= 4 is 20.4 Å². The van der Waals surface area contributed by atoms with E-state index in [0.717, 1.165) is 34.7 Å². The fourth-order valence-electron chi connectivity index (χ4n) is 3.33. The van der Waals surface area contributed by atoms with Crippen molar-refractivity contribution in [2.24, 2.45) is 0 Å². The SMILES string of the molecule is CCC(CC)(c1nccs1)c1cc(F)cc(C(C)(C)C)c1O[Si](C)C. The van der Waals surface area contributed by atoms with Gasteiger partial charge in [0.05, 0.1) is 5.41 Å². The van der Waals surface area contributed by atoms with Gasteiger partial charge in [0.15, 0.2) is 0 Å². The predicted octanol–water partition coefficient (Wildman–Crippen LogP) is 6.32. The smallest absolute Gasteiger partial charge is 0.274 e. The Balaban J connectivity index is 2.84. The zero-order valence-electron chi connectivity index (χ0n) is 16.4. The summed E-state index contributed by atoms with van der Waals surface area (Å²) < 4.78 is 21.0. The summed E-state index contributed by atoms with van der Waals surface area (Å²) in [5.41, 5.74) is 1.38. The molecular formula is C20H29FNOSSi. The number of benzene rings is 1. The van der Waals surface area contributed by atoms with E-state index in [1.165, 1.54) is 0 Å². The molecule has 2 rings (SSSR count). The van der Waals surface area contributed by atoms with Gasteiger partial charge in [0.2, 0.25) is 0 Å². The van der Waals surface area contributed by atoms with Crippen LogP contribution in [-0.2, 0) is 10.8 Å². The second-order valence-electron chi connectivity index (χ2n) is 7.72. The Kier molecular flexibility index (Phi) is 6.10. The van der Waals surface area contributed by atoms with Crippen LogP contribution >= 0.6 is 11.3 Å². The van der Waals surface area contributed by atoms with E-state index < -0.39 is 9.04 Å². The van der Waals surface area contributed by atoms with Crippen LogP contribution in [0.25, 0.3) is 0 Å². The number of thiazole rings is 1. The maximum absolute atomic E-state index is 14.7. The number of halogens is 1. The summed E-state index contributed by atoms with van der Waals surface area (Å²) in [5, 5.41) is 3.03. The summed E-state index contributed by atoms with van der Waals surface area (Å²) in [5.74, 6) is 0.669. The van der Waals surface area contributed by atoms with E-state index in [1.54, 1.807) is 23.5 Å². The number of aromatic nitrogens is 1. The standard InChI is InChI=1S/C20H29FNOSSi/c1-8-20(9-2,18-22-10-11-24-18)16-13-14(21)12-15(19(3,4)5)17(16)23-25(6)7/h10-13H,8-9H2,1-7H3. The molecule has 0 amide bonds. The molecule has 25 heavy (non-hydrogen) atoms. The van der Waals surface area contributed by atoms with Crippen LogP contribution in [0.4, 0.5) is 4.39 Å². The van der Waals surface area contributed by atoms with Gasteiger partial charge in [-0.25, -0.2) is 9.37 Å². The summed E-state index contributed by atoms with van der Waals surface area (Å²) in [6.45, 7) is 14.9. The maximum atomic E-state index is 14.7. The van der Waals surface area contributed by atoms with Crippen molar-refractivity contribution in [3.8, 4) is 5.75 Å². The summed E-state index contributed by atoms with van der Waals surface area (Å²) >= 11 is 1.64. The molecule has 1 aromatic heterocycles. The number of hydrogen-bond donors (Lipinski definition) is 0. The lowest BCUT2D eigenvalue weighted by atomic mass is 9.73. The molecule has 1 aromatic carbocycles. The van der Waals surface area contributed by atoms with Gasteiger partial charge in [0.1, 0.15) is 16.6 Å². The highest BCUT2D eigenvalue weighted by Crippen LogP contribution is 2.47. The molecule has 0 saturated carbocycles. The first-order valence-corrected chi connectivity index (χ1v) is 12.2. The van der Waals surface area contributed by atoms with Crippen molar-refractivity contribution in [1.82, 2.24) is 4.98 Å². The van der Waals surface area contributed by atoms with Gasteiger partial charge in [0.25, 0.3) is 9.04 Å². The Morgan fingerprint density at radius 2 is 1.72 bits per heavy atom. The van der Waals surface area contributed by atoms with E-state index in [-0.39, 0.29) is 16.6 Å². The van der Waals surface area contributed by atoms with Gasteiger partial charge in [-0.05, 0) is 43.5 Å². The minimum absolute atomic E-state index is 0.195. The van der Waals surface area contributed by atoms with Crippen LogP contribution in [0, 0.1) is 5.82 Å². The first kappa shape index (κ1) is 20.1. The first-order chi connectivity index (χ1) is 11.7. The highest BCUT2D eigenvalue weighted by Gasteiger charge is 2.38. The highest BCUT2D eigenvalue weighted by molar-refractivity contribution is 7.09. The van der Waals surface area contributed by atoms with Gasteiger partial charge in [-0.1, -0.05) is 34.6 Å². The summed E-state index contributed by atoms with van der Waals surface area (Å²) in [7, 11) is -0.987. The molecule has 0 aliphatic rings. The highest BCUT2D eigenvalue weighted by atomic mass is 32.1. The molecular weight excluding hydrogens is 349 g/mol. The van der Waals surface area contributed by atoms with E-state index in [1.807, 2.05) is 11.6 Å². The molecule has 0 spiro atoms. The van der Waals surface area contributed by atoms with Gasteiger partial charge in [-0.15, -0.1) is 11.3 Å². The van der Waals surface area contributed by atoms with E-state index >= 15 is 0 Å². The average molecular weight is 379 g/mol. The Labute approximate surface area is 157 Å². The zero-order valence-corrected chi connectivity index (χ0v) is 18.2. The largest absolute Gasteiger partial charge is 0.542 e. The minimum atomic E-state index is -0.987. The number of nitrogens with zero attached hydrogens (tertiary/aromatic N) is 1. The average Bonchev–Trinajstić information content (AvgIpc) is 3.04. The van der Waals surface area contributed by atoms with Gasteiger partial charge >= 0.3 is 0 Å². The molecule has 0 bridgehead atoms. The fraction of sp³-hybridized carbons (Fsp3) is 0.550. The Morgan fingerprint density at radius 1 is 1.12 bits per heavy atom. The van der Waals surface area contributed by atoms with E-state index in [2.05, 4.69) is 52.7 Å². The molecule has 0 aliphatic carbocycles. The number of rotatable bonds is 6. The third-order valence-electron chi connectivity index (χ3n) is 4.73. The van der Waals surface area contributed by atoms with Gasteiger partial charge < -0.3 is 4.43 Å². The normalized spacial score (nSPS) is 12.7. The van der Waals surface area contributed by atoms with Crippen LogP contribution in [0.1, 0.15) is 63.6 Å². The summed E-state index contributed by atoms with van der Waals surface area (Å²) in [4.78, 5) is 4.60. The monoisotopic (exact) mass is 378 g/mol. The lowest BCUT2D eigenvalue weighted by Crippen LogP contribution is -2.30. The molecule has 0 unspecified atom stereocenters. The van der Waals surface area contributed by atoms with Crippen molar-refractivity contribution in [3.63, 3.8) is 0 Å². The van der Waals surface area contributed by atoms with E-state index in [9.17, 15) is 4.39 Å². The Bertz CT molecular complexity index is 703. The van der Waals surface area contributed by atoms with E-state index in [0.29, 0.717) is 0 Å². The molecule has 5 heteroatoms. The first-order valence-electron chi connectivity index (χ1n) is 8.88. The van der Waals surface area contributed by atoms with Crippen molar-refractivity contribution < 1.29 is 8.82 Å². The van der Waals surface area contributed by atoms with Crippen molar-refractivity contribution in [2.45, 2.75) is 71.4 Å². The van der Waals surface area contributed by atoms with Crippen molar-refractivity contribution in [1.29, 1.82) is 0 Å². The molecule has 1 radical (unpaired) electrons. The van der Waals surface area contributed by atoms with Crippen LogP contribution < -0.4 is 4.43 Å². The molecule has 137 valence electrons. The molecule has 2 nitrogen and oxygen atoms in total. The summed E-state index contributed by atoms with van der Waals surface area (Å²) in [6.07, 6.45) is 3.55. The second-order valence-corrected chi connectivity index (χ2v) is 10.6. The van der Waals surface area contributed by atoms with Crippen LogP contribution in [-0.4, -0.2) is 14.0 Å². The molecule has 2 aromatic rings. The lowest BCUT2D eigenvalue weighted by molar-refractivity contribution is 0.436. The summed E-state index contributed by atoms with van der Waals surface area (Å²) in [6, 6.07) is 3.31. The quantitative estimate of drug-likeness (QED) is 0.549. The Hall–Kier alpha value is -1.20. The molecule has 0 aliphatic heterocycles. The minimum Gasteiger partial charge on any atom is -0.542 e. The number of hydrogen-bond acceptors (Lipinski definition) is 3. The molecule has 0 saturated heterocycles. The van der Waals surface area contributed by atoms with Crippen LogP contribution in [0.2, 0.25) is 13.1 Å². The van der Waals surface area contributed by atoms with Gasteiger partial charge in [0, 0.05) is 22.7 Å². The third kappa shape index (κ3) is 3.98. The predicted molar refractivity (Wildman–Crippen MR) is 107 cm³/mol. The van der Waals surface area contributed by atoms with E-state index in [4.69, 9.17) is 4.43 Å². The van der Waals surface area contributed by atoms with Crippen LogP contribution in [0.5, 0.6) is 5.75 Å². The maximum Gasteiger partial charge on any atom is 0.274 e. The Morgan fingerprint density at radius 3 is 2.16 bits per heavy atom. The lowest BCUT2D eigenvalue weighted by Gasteiger charge is -2.35. The molecule has 0 N–H and O–H groups in total. The molecule has 1 heterocycles. The molecule has 0 fully saturated rings. The van der Waals surface area contributed by atoms with Crippen molar-refractivity contribution in [3.05, 3.63) is 45.7 Å². The second kappa shape index (κ2) is 7.58. The van der Waals surface area contributed by atoms with Crippen molar-refractivity contribution in [2.75, 3.05) is 0 Å². The van der Waals surface area contributed by atoms with Gasteiger partial charge in [-0.2, -0.15) is 0 Å². The molecule has 0 atom stereocenters.